The first-order chi connectivity index (χ1) is 32.5. The summed E-state index contributed by atoms with van der Waals surface area (Å²) in [7, 11) is 0. The van der Waals surface area contributed by atoms with Crippen molar-refractivity contribution in [2.45, 2.75) is 309 Å². The van der Waals surface area contributed by atoms with E-state index in [-0.39, 0.29) is 18.5 Å². The van der Waals surface area contributed by atoms with Crippen LogP contribution in [0.4, 0.5) is 0 Å². The molecule has 66 heavy (non-hydrogen) atoms. The third-order valence-corrected chi connectivity index (χ3v) is 13.1. The van der Waals surface area contributed by atoms with E-state index in [0.29, 0.717) is 19.4 Å². The Morgan fingerprint density at radius 1 is 0.424 bits per heavy atom. The fourth-order valence-electron chi connectivity index (χ4n) is 8.59. The van der Waals surface area contributed by atoms with Crippen LogP contribution in [0.3, 0.4) is 0 Å². The van der Waals surface area contributed by atoms with Gasteiger partial charge in [0.15, 0.2) is 0 Å². The van der Waals surface area contributed by atoms with Gasteiger partial charge in [-0.1, -0.05) is 242 Å². The molecule has 0 aromatic carbocycles. The zero-order chi connectivity index (χ0) is 47.9. The van der Waals surface area contributed by atoms with Crippen LogP contribution in [0.1, 0.15) is 296 Å². The standard InChI is InChI=1S/C60H111NO5/c1-3-5-7-9-11-13-15-17-19-20-21-22-23-24-25-26-27-28-32-36-40-44-48-52-58(63)57(56-62)61-59(64)53-49-45-41-37-33-30-31-35-39-43-47-51-55-66-60(65)54-50-46-42-38-34-29-18-16-14-12-10-8-6-4-2/h10,12,16,18,31,35,48,52,57-58,62-63H,3-9,11,13-15,17,19-30,32-34,36-47,49-51,53-56H2,1-2H3,(H,61,64)/b12-10-,18-16-,35-31-,52-48+. The molecule has 0 aliphatic rings. The molecule has 6 heteroatoms. The van der Waals surface area contributed by atoms with Gasteiger partial charge in [-0.05, 0) is 89.9 Å². The first kappa shape index (κ1) is 63.8. The van der Waals surface area contributed by atoms with E-state index < -0.39 is 12.1 Å². The predicted molar refractivity (Wildman–Crippen MR) is 287 cm³/mol. The highest BCUT2D eigenvalue weighted by molar-refractivity contribution is 5.76. The van der Waals surface area contributed by atoms with E-state index in [9.17, 15) is 19.8 Å². The molecule has 0 saturated heterocycles. The molecular formula is C60H111NO5. The number of esters is 1. The highest BCUT2D eigenvalue weighted by Crippen LogP contribution is 2.16. The van der Waals surface area contributed by atoms with Crippen molar-refractivity contribution in [2.75, 3.05) is 13.2 Å². The van der Waals surface area contributed by atoms with Crippen molar-refractivity contribution in [3.05, 3.63) is 48.6 Å². The molecule has 0 rings (SSSR count). The molecule has 0 saturated carbocycles. The molecule has 6 nitrogen and oxygen atoms in total. The number of unbranched alkanes of at least 4 members (excludes halogenated alkanes) is 36. The van der Waals surface area contributed by atoms with Crippen LogP contribution in [0.15, 0.2) is 48.6 Å². The number of aliphatic hydroxyl groups is 2. The van der Waals surface area contributed by atoms with Gasteiger partial charge >= 0.3 is 5.97 Å². The molecule has 386 valence electrons. The van der Waals surface area contributed by atoms with Crippen molar-refractivity contribution in [2.24, 2.45) is 0 Å². The second kappa shape index (κ2) is 55.4. The first-order valence-corrected chi connectivity index (χ1v) is 28.9. The van der Waals surface area contributed by atoms with Gasteiger partial charge < -0.3 is 20.3 Å². The Hall–Kier alpha value is -2.18. The molecule has 0 heterocycles. The minimum Gasteiger partial charge on any atom is -0.466 e. The summed E-state index contributed by atoms with van der Waals surface area (Å²) in [6, 6.07) is -0.649. The van der Waals surface area contributed by atoms with Crippen molar-refractivity contribution in [3.63, 3.8) is 0 Å². The molecule has 0 radical (unpaired) electrons. The van der Waals surface area contributed by atoms with Gasteiger partial charge in [0.2, 0.25) is 5.91 Å². The lowest BCUT2D eigenvalue weighted by Gasteiger charge is -2.20. The molecule has 3 N–H and O–H groups in total. The van der Waals surface area contributed by atoms with Crippen molar-refractivity contribution in [1.82, 2.24) is 5.32 Å². The maximum absolute atomic E-state index is 12.5. The Labute approximate surface area is 410 Å². The van der Waals surface area contributed by atoms with E-state index in [1.807, 2.05) is 6.08 Å². The van der Waals surface area contributed by atoms with Gasteiger partial charge in [-0.15, -0.1) is 0 Å². The number of ether oxygens (including phenoxy) is 1. The summed E-state index contributed by atoms with van der Waals surface area (Å²) in [5.41, 5.74) is 0. The minimum absolute atomic E-state index is 0.0391. The summed E-state index contributed by atoms with van der Waals surface area (Å²) >= 11 is 0. The van der Waals surface area contributed by atoms with E-state index in [0.717, 1.165) is 103 Å². The molecule has 0 spiro atoms. The van der Waals surface area contributed by atoms with Crippen molar-refractivity contribution in [3.8, 4) is 0 Å². The summed E-state index contributed by atoms with van der Waals surface area (Å²) in [6.45, 7) is 4.80. The third kappa shape index (κ3) is 51.2. The molecular weight excluding hydrogens is 815 g/mol. The number of carbonyl (C=O) groups excluding carboxylic acids is 2. The van der Waals surface area contributed by atoms with Crippen LogP contribution in [0.25, 0.3) is 0 Å². The van der Waals surface area contributed by atoms with E-state index in [4.69, 9.17) is 4.74 Å². The lowest BCUT2D eigenvalue weighted by atomic mass is 10.0. The van der Waals surface area contributed by atoms with E-state index in [1.54, 1.807) is 6.08 Å². The molecule has 2 unspecified atom stereocenters. The van der Waals surface area contributed by atoms with Gasteiger partial charge in [0.05, 0.1) is 25.4 Å². The quantitative estimate of drug-likeness (QED) is 0.0321. The molecule has 0 aliphatic heterocycles. The summed E-state index contributed by atoms with van der Waals surface area (Å²) in [5, 5.41) is 23.2. The highest BCUT2D eigenvalue weighted by atomic mass is 16.5. The fraction of sp³-hybridized carbons (Fsp3) is 0.833. The van der Waals surface area contributed by atoms with Crippen molar-refractivity contribution < 1.29 is 24.5 Å². The van der Waals surface area contributed by atoms with E-state index in [1.165, 1.54) is 167 Å². The lowest BCUT2D eigenvalue weighted by molar-refractivity contribution is -0.143. The predicted octanol–water partition coefficient (Wildman–Crippen LogP) is 17.8. The summed E-state index contributed by atoms with van der Waals surface area (Å²) in [5.74, 6) is -0.132. The summed E-state index contributed by atoms with van der Waals surface area (Å²) in [6.07, 6.45) is 69.9. The number of hydrogen-bond acceptors (Lipinski definition) is 5. The SMILES string of the molecule is CCCC/C=C\C/C=C\CCCCCCCC(=O)OCCCCC/C=C\CCCCCCCC(=O)NC(CO)C(O)/C=C/CCCCCCCCCCCCCCCCCCCCCCC. The third-order valence-electron chi connectivity index (χ3n) is 13.1. The van der Waals surface area contributed by atoms with Crippen LogP contribution < -0.4 is 5.32 Å². The van der Waals surface area contributed by atoms with E-state index >= 15 is 0 Å². The molecule has 0 fully saturated rings. The van der Waals surface area contributed by atoms with Crippen LogP contribution in [0.5, 0.6) is 0 Å². The number of hydrogen-bond donors (Lipinski definition) is 3. The van der Waals surface area contributed by atoms with Crippen molar-refractivity contribution in [1.29, 1.82) is 0 Å². The summed E-state index contributed by atoms with van der Waals surface area (Å²) < 4.78 is 5.44. The van der Waals surface area contributed by atoms with E-state index in [2.05, 4.69) is 55.6 Å². The van der Waals surface area contributed by atoms with Gasteiger partial charge in [0.1, 0.15) is 0 Å². The number of amides is 1. The van der Waals surface area contributed by atoms with Crippen LogP contribution in [-0.4, -0.2) is 47.4 Å². The lowest BCUT2D eigenvalue weighted by Crippen LogP contribution is -2.45. The number of carbonyl (C=O) groups is 2. The second-order valence-electron chi connectivity index (χ2n) is 19.6. The Balaban J connectivity index is 3.55. The highest BCUT2D eigenvalue weighted by Gasteiger charge is 2.18. The average molecular weight is 927 g/mol. The molecule has 0 aromatic heterocycles. The van der Waals surface area contributed by atoms with Gasteiger partial charge in [-0.25, -0.2) is 0 Å². The maximum Gasteiger partial charge on any atom is 0.305 e. The van der Waals surface area contributed by atoms with Gasteiger partial charge in [-0.3, -0.25) is 9.59 Å². The minimum atomic E-state index is -0.863. The average Bonchev–Trinajstić information content (AvgIpc) is 3.32. The smallest absolute Gasteiger partial charge is 0.305 e. The van der Waals surface area contributed by atoms with Gasteiger partial charge in [0.25, 0.3) is 0 Å². The van der Waals surface area contributed by atoms with Gasteiger partial charge in [0, 0.05) is 12.8 Å². The topological polar surface area (TPSA) is 95.9 Å². The largest absolute Gasteiger partial charge is 0.466 e. The zero-order valence-corrected chi connectivity index (χ0v) is 43.9. The van der Waals surface area contributed by atoms with Crippen LogP contribution >= 0.6 is 0 Å². The monoisotopic (exact) mass is 926 g/mol. The maximum atomic E-state index is 12.5. The Bertz CT molecular complexity index is 1110. The molecule has 0 aliphatic carbocycles. The molecule has 1 amide bonds. The Morgan fingerprint density at radius 2 is 0.773 bits per heavy atom. The number of nitrogens with one attached hydrogen (secondary N) is 1. The Morgan fingerprint density at radius 3 is 1.21 bits per heavy atom. The fourth-order valence-corrected chi connectivity index (χ4v) is 8.59. The van der Waals surface area contributed by atoms with Crippen LogP contribution in [-0.2, 0) is 14.3 Å². The van der Waals surface area contributed by atoms with Crippen LogP contribution in [0, 0.1) is 0 Å². The van der Waals surface area contributed by atoms with Crippen molar-refractivity contribution >= 4 is 11.9 Å². The number of allylic oxidation sites excluding steroid dienone is 7. The molecule has 0 aromatic rings. The zero-order valence-electron chi connectivity index (χ0n) is 43.9. The number of aliphatic hydroxyl groups excluding tert-OH is 2. The summed E-state index contributed by atoms with van der Waals surface area (Å²) in [4.78, 5) is 24.5. The Kier molecular flexibility index (Phi) is 53.6. The normalized spacial score (nSPS) is 13.0. The molecule has 2 atom stereocenters. The molecule has 0 bridgehead atoms. The van der Waals surface area contributed by atoms with Gasteiger partial charge in [-0.2, -0.15) is 0 Å². The van der Waals surface area contributed by atoms with Crippen LogP contribution in [0.2, 0.25) is 0 Å². The second-order valence-corrected chi connectivity index (χ2v) is 19.6. The number of rotatable bonds is 53. The first-order valence-electron chi connectivity index (χ1n) is 28.9.